The Morgan fingerprint density at radius 2 is 1.95 bits per heavy atom. The number of hydrogen-bond acceptors (Lipinski definition) is 8. The highest BCUT2D eigenvalue weighted by atomic mass is 32.1. The Morgan fingerprint density at radius 3 is 2.64 bits per heavy atom. The molecule has 2 N–H and O–H groups in total. The minimum absolute atomic E-state index is 0.0266. The van der Waals surface area contributed by atoms with Crippen molar-refractivity contribution in [3.63, 3.8) is 0 Å². The highest BCUT2D eigenvalue weighted by Crippen LogP contribution is 2.35. The van der Waals surface area contributed by atoms with Crippen LogP contribution in [0.5, 0.6) is 5.75 Å². The highest BCUT2D eigenvalue weighted by molar-refractivity contribution is 7.15. The Bertz CT molecular complexity index is 1480. The predicted octanol–water partition coefficient (Wildman–Crippen LogP) is 4.46. The van der Waals surface area contributed by atoms with Crippen LogP contribution in [0.1, 0.15) is 46.0 Å². The zero-order valence-corrected chi connectivity index (χ0v) is 21.0. The van der Waals surface area contributed by atoms with Gasteiger partial charge in [0.2, 0.25) is 5.13 Å². The predicted molar refractivity (Wildman–Crippen MR) is 132 cm³/mol. The molecule has 39 heavy (non-hydrogen) atoms. The standard InChI is InChI=1S/C25H19F5N6O2S/c1-38-20-12-33-19(22(26)27)10-17(20)16-9-15(3-2-8-31-13-25(28,29)30)32-11-18(16)23(37)34-24-36-35-21(39-24)7-6-14-4-5-14/h9-12,14,22,31H,4-5,8,13H2,1H3,(H,34,36,37). The topological polar surface area (TPSA) is 102 Å². The lowest BCUT2D eigenvalue weighted by atomic mass is 9.99. The third kappa shape index (κ3) is 7.92. The number of halogens is 5. The van der Waals surface area contributed by atoms with Crippen LogP contribution in [0.3, 0.4) is 0 Å². The van der Waals surface area contributed by atoms with E-state index in [0.29, 0.717) is 10.9 Å². The summed E-state index contributed by atoms with van der Waals surface area (Å²) in [7, 11) is 1.31. The highest BCUT2D eigenvalue weighted by Gasteiger charge is 2.26. The van der Waals surface area contributed by atoms with Gasteiger partial charge in [0.25, 0.3) is 12.3 Å². The number of carbonyl (C=O) groups excluding carboxylic acids is 1. The van der Waals surface area contributed by atoms with Crippen LogP contribution in [0, 0.1) is 29.6 Å². The molecular formula is C25H19F5N6O2S. The molecule has 4 rings (SSSR count). The van der Waals surface area contributed by atoms with E-state index in [4.69, 9.17) is 4.74 Å². The van der Waals surface area contributed by atoms with Gasteiger partial charge in [0.05, 0.1) is 32.0 Å². The monoisotopic (exact) mass is 562 g/mol. The van der Waals surface area contributed by atoms with Crippen molar-refractivity contribution in [3.05, 3.63) is 46.5 Å². The molecule has 0 aromatic carbocycles. The van der Waals surface area contributed by atoms with Crippen molar-refractivity contribution in [2.45, 2.75) is 25.4 Å². The third-order valence-electron chi connectivity index (χ3n) is 5.13. The molecule has 3 aromatic heterocycles. The number of alkyl halides is 5. The summed E-state index contributed by atoms with van der Waals surface area (Å²) in [4.78, 5) is 21.0. The zero-order chi connectivity index (χ0) is 28.0. The number of nitrogens with zero attached hydrogens (tertiary/aromatic N) is 4. The van der Waals surface area contributed by atoms with Crippen LogP contribution in [0.15, 0.2) is 24.5 Å². The summed E-state index contributed by atoms with van der Waals surface area (Å²) in [5, 5.41) is 13.2. The number of methoxy groups -OCH3 is 1. The van der Waals surface area contributed by atoms with Gasteiger partial charge in [0, 0.05) is 23.2 Å². The van der Waals surface area contributed by atoms with Gasteiger partial charge in [-0.3, -0.25) is 20.4 Å². The van der Waals surface area contributed by atoms with Crippen LogP contribution in [0.4, 0.5) is 27.1 Å². The molecule has 0 unspecified atom stereocenters. The minimum Gasteiger partial charge on any atom is -0.494 e. The normalized spacial score (nSPS) is 12.8. The number of pyridine rings is 2. The summed E-state index contributed by atoms with van der Waals surface area (Å²) >= 11 is 1.07. The number of ether oxygens (including phenoxy) is 1. The van der Waals surface area contributed by atoms with Gasteiger partial charge in [-0.05, 0) is 36.8 Å². The van der Waals surface area contributed by atoms with Gasteiger partial charge in [-0.15, -0.1) is 10.2 Å². The Balaban J connectivity index is 1.65. The molecule has 1 saturated carbocycles. The zero-order valence-electron chi connectivity index (χ0n) is 20.2. The maximum Gasteiger partial charge on any atom is 0.401 e. The van der Waals surface area contributed by atoms with Crippen LogP contribution in [0.25, 0.3) is 11.1 Å². The van der Waals surface area contributed by atoms with E-state index in [0.717, 1.165) is 36.4 Å². The summed E-state index contributed by atoms with van der Waals surface area (Å²) in [6.07, 6.45) is -2.93. The largest absolute Gasteiger partial charge is 0.494 e. The van der Waals surface area contributed by atoms with E-state index < -0.39 is 30.7 Å². The van der Waals surface area contributed by atoms with E-state index >= 15 is 0 Å². The average molecular weight is 563 g/mol. The number of nitrogens with one attached hydrogen (secondary N) is 2. The first kappa shape index (κ1) is 27.9. The Labute approximate surface area is 223 Å². The Hall–Kier alpha value is -4.14. The maximum atomic E-state index is 13.4. The van der Waals surface area contributed by atoms with Crippen molar-refractivity contribution in [1.82, 2.24) is 25.5 Å². The van der Waals surface area contributed by atoms with Crippen molar-refractivity contribution in [2.75, 3.05) is 25.5 Å². The van der Waals surface area contributed by atoms with Gasteiger partial charge in [0.15, 0.2) is 5.01 Å². The molecule has 3 heterocycles. The lowest BCUT2D eigenvalue weighted by Crippen LogP contribution is -2.28. The minimum atomic E-state index is -4.39. The molecule has 3 aromatic rings. The molecule has 0 atom stereocenters. The van der Waals surface area contributed by atoms with E-state index in [2.05, 4.69) is 54.5 Å². The average Bonchev–Trinajstić information content (AvgIpc) is 3.63. The number of rotatable bonds is 7. The Morgan fingerprint density at radius 1 is 1.15 bits per heavy atom. The lowest BCUT2D eigenvalue weighted by molar-refractivity contribution is -0.124. The molecule has 1 aliphatic rings. The lowest BCUT2D eigenvalue weighted by Gasteiger charge is -2.14. The van der Waals surface area contributed by atoms with Crippen LogP contribution in [-0.2, 0) is 0 Å². The number of hydrogen-bond donors (Lipinski definition) is 2. The van der Waals surface area contributed by atoms with Crippen LogP contribution < -0.4 is 15.4 Å². The fraction of sp³-hybridized carbons (Fsp3) is 0.320. The first-order chi connectivity index (χ1) is 18.6. The number of amides is 1. The molecule has 0 spiro atoms. The van der Waals surface area contributed by atoms with Crippen molar-refractivity contribution < 1.29 is 31.5 Å². The second-order valence-electron chi connectivity index (χ2n) is 8.16. The fourth-order valence-corrected chi connectivity index (χ4v) is 3.76. The van der Waals surface area contributed by atoms with Gasteiger partial charge < -0.3 is 4.74 Å². The van der Waals surface area contributed by atoms with E-state index in [-0.39, 0.29) is 39.8 Å². The Kier molecular flexibility index (Phi) is 8.69. The third-order valence-corrected chi connectivity index (χ3v) is 5.89. The van der Waals surface area contributed by atoms with Crippen LogP contribution >= 0.6 is 11.3 Å². The van der Waals surface area contributed by atoms with Crippen molar-refractivity contribution in [1.29, 1.82) is 0 Å². The maximum absolute atomic E-state index is 13.4. The first-order valence-electron chi connectivity index (χ1n) is 11.4. The summed E-state index contributed by atoms with van der Waals surface area (Å²) < 4.78 is 69.1. The molecule has 0 bridgehead atoms. The van der Waals surface area contributed by atoms with Gasteiger partial charge in [0.1, 0.15) is 17.1 Å². The van der Waals surface area contributed by atoms with Gasteiger partial charge in [-0.25, -0.2) is 13.8 Å². The summed E-state index contributed by atoms with van der Waals surface area (Å²) in [5.41, 5.74) is -0.250. The van der Waals surface area contributed by atoms with Crippen LogP contribution in [-0.4, -0.2) is 52.4 Å². The van der Waals surface area contributed by atoms with Gasteiger partial charge in [-0.2, -0.15) is 13.2 Å². The molecule has 1 amide bonds. The van der Waals surface area contributed by atoms with E-state index in [1.54, 1.807) is 0 Å². The molecule has 1 fully saturated rings. The molecule has 0 radical (unpaired) electrons. The number of carbonyl (C=O) groups is 1. The molecule has 1 aliphatic carbocycles. The SMILES string of the molecule is COc1cnc(C(F)F)cc1-c1cc(C#CCNCC(F)(F)F)ncc1C(=O)Nc1nnc(C#CC2CC2)s1. The van der Waals surface area contributed by atoms with E-state index in [1.807, 2.05) is 0 Å². The molecule has 0 saturated heterocycles. The van der Waals surface area contributed by atoms with Gasteiger partial charge in [-0.1, -0.05) is 23.2 Å². The van der Waals surface area contributed by atoms with E-state index in [1.165, 1.54) is 19.4 Å². The van der Waals surface area contributed by atoms with Crippen molar-refractivity contribution in [2.24, 2.45) is 5.92 Å². The van der Waals surface area contributed by atoms with Crippen LogP contribution in [0.2, 0.25) is 0 Å². The molecule has 202 valence electrons. The van der Waals surface area contributed by atoms with Crippen molar-refractivity contribution in [3.8, 4) is 40.6 Å². The molecule has 14 heteroatoms. The van der Waals surface area contributed by atoms with Gasteiger partial charge >= 0.3 is 6.18 Å². The number of aromatic nitrogens is 4. The summed E-state index contributed by atoms with van der Waals surface area (Å²) in [6, 6.07) is 2.43. The smallest absolute Gasteiger partial charge is 0.401 e. The second kappa shape index (κ2) is 12.1. The van der Waals surface area contributed by atoms with E-state index in [9.17, 15) is 26.7 Å². The quantitative estimate of drug-likeness (QED) is 0.249. The second-order valence-corrected chi connectivity index (χ2v) is 9.13. The van der Waals surface area contributed by atoms with Crippen molar-refractivity contribution >= 4 is 22.4 Å². The molecule has 8 nitrogen and oxygen atoms in total. The fourth-order valence-electron chi connectivity index (χ4n) is 3.16. The molecule has 0 aliphatic heterocycles. The summed E-state index contributed by atoms with van der Waals surface area (Å²) in [5.74, 6) is 10.9. The first-order valence-corrected chi connectivity index (χ1v) is 12.2. The molecular weight excluding hydrogens is 543 g/mol. The summed E-state index contributed by atoms with van der Waals surface area (Å²) in [6.45, 7) is -1.50. The number of anilines is 1.